The molecule has 5 amide bonds. The maximum absolute atomic E-state index is 12.9. The quantitative estimate of drug-likeness (QED) is 0.0832. The number of pyridine rings is 1. The number of carbonyl (C=O) groups excluding carboxylic acids is 6. The predicted octanol–water partition coefficient (Wildman–Crippen LogP) is 3.84. The number of thioether (sulfide) groups is 1. The van der Waals surface area contributed by atoms with Gasteiger partial charge in [-0.3, -0.25) is 33.9 Å². The summed E-state index contributed by atoms with van der Waals surface area (Å²) in [7, 11) is 0. The molecule has 17 heteroatoms. The fraction of sp³-hybridized carbons (Fsp3) is 0.630. The van der Waals surface area contributed by atoms with E-state index in [0.29, 0.717) is 88.7 Å². The molecule has 16 nitrogen and oxygen atoms in total. The van der Waals surface area contributed by atoms with Crippen LogP contribution >= 0.6 is 11.8 Å². The van der Waals surface area contributed by atoms with Crippen molar-refractivity contribution < 1.29 is 43.0 Å². The molecular weight excluding hydrogens is 827 g/mol. The molecule has 3 saturated heterocycles. The van der Waals surface area contributed by atoms with E-state index in [1.54, 1.807) is 24.0 Å². The summed E-state index contributed by atoms with van der Waals surface area (Å²) < 4.78 is 16.6. The van der Waals surface area contributed by atoms with E-state index >= 15 is 0 Å². The lowest BCUT2D eigenvalue weighted by atomic mass is 9.97. The summed E-state index contributed by atoms with van der Waals surface area (Å²) >= 11 is 1.92. The number of aldehydes is 1. The Morgan fingerprint density at radius 3 is 2.17 bits per heavy atom. The summed E-state index contributed by atoms with van der Waals surface area (Å²) in [6.45, 7) is 9.99. The first-order valence-electron chi connectivity index (χ1n) is 22.6. The van der Waals surface area contributed by atoms with Gasteiger partial charge in [0.2, 0.25) is 17.7 Å². The maximum atomic E-state index is 12.9. The van der Waals surface area contributed by atoms with Crippen molar-refractivity contribution in [3.05, 3.63) is 59.4 Å². The highest BCUT2D eigenvalue weighted by Gasteiger charge is 2.34. The van der Waals surface area contributed by atoms with Crippen molar-refractivity contribution in [1.82, 2.24) is 30.7 Å². The summed E-state index contributed by atoms with van der Waals surface area (Å²) in [4.78, 5) is 81.2. The lowest BCUT2D eigenvalue weighted by molar-refractivity contribution is -0.121. The lowest BCUT2D eigenvalue weighted by Crippen LogP contribution is -2.44. The first-order chi connectivity index (χ1) is 30.6. The molecule has 3 atom stereocenters. The molecule has 0 aliphatic carbocycles. The van der Waals surface area contributed by atoms with Crippen molar-refractivity contribution in [3.63, 3.8) is 0 Å². The number of amides is 5. The molecule has 63 heavy (non-hydrogen) atoms. The fourth-order valence-corrected chi connectivity index (χ4v) is 9.65. The predicted molar refractivity (Wildman–Crippen MR) is 241 cm³/mol. The Morgan fingerprint density at radius 1 is 0.810 bits per heavy atom. The molecule has 3 unspecified atom stereocenters. The zero-order valence-corrected chi connectivity index (χ0v) is 37.8. The van der Waals surface area contributed by atoms with Crippen LogP contribution in [0.15, 0.2) is 42.6 Å². The van der Waals surface area contributed by atoms with Gasteiger partial charge in [0.05, 0.1) is 51.6 Å². The number of rotatable bonds is 25. The Labute approximate surface area is 376 Å². The van der Waals surface area contributed by atoms with Crippen molar-refractivity contribution in [2.24, 2.45) is 11.8 Å². The highest BCUT2D eigenvalue weighted by atomic mass is 32.2. The molecule has 2 aromatic rings. The van der Waals surface area contributed by atoms with Crippen LogP contribution in [0.25, 0.3) is 0 Å². The Morgan fingerprint density at radius 2 is 1.51 bits per heavy atom. The Bertz CT molecular complexity index is 1750. The van der Waals surface area contributed by atoms with E-state index in [1.807, 2.05) is 36.0 Å². The normalized spacial score (nSPS) is 19.7. The maximum Gasteiger partial charge on any atom is 0.270 e. The average Bonchev–Trinajstić information content (AvgIpc) is 3.63. The van der Waals surface area contributed by atoms with E-state index in [4.69, 9.17) is 14.2 Å². The van der Waals surface area contributed by atoms with Crippen molar-refractivity contribution in [3.8, 4) is 0 Å². The van der Waals surface area contributed by atoms with Crippen molar-refractivity contribution in [2.45, 2.75) is 95.5 Å². The number of hydrogen-bond acceptors (Lipinski definition) is 12. The second-order valence-electron chi connectivity index (χ2n) is 16.7. The van der Waals surface area contributed by atoms with Crippen LogP contribution in [0.2, 0.25) is 0 Å². The van der Waals surface area contributed by atoms with Crippen LogP contribution in [-0.2, 0) is 39.9 Å². The smallest absolute Gasteiger partial charge is 0.270 e. The topological polar surface area (TPSA) is 198 Å². The monoisotopic (exact) mass is 893 g/mol. The molecule has 4 N–H and O–H groups in total. The van der Waals surface area contributed by atoms with Gasteiger partial charge in [0.1, 0.15) is 12.0 Å². The van der Waals surface area contributed by atoms with Crippen LogP contribution in [0.5, 0.6) is 0 Å². The number of likely N-dealkylation sites (tertiary alicyclic amines) is 2. The summed E-state index contributed by atoms with van der Waals surface area (Å²) in [5.74, 6) is 1.08. The molecule has 0 radical (unpaired) electrons. The minimum atomic E-state index is -0.252. The Balaban J connectivity index is 0.819. The van der Waals surface area contributed by atoms with Crippen LogP contribution < -0.4 is 21.3 Å². The van der Waals surface area contributed by atoms with Gasteiger partial charge >= 0.3 is 0 Å². The van der Waals surface area contributed by atoms with Crippen molar-refractivity contribution >= 4 is 53.3 Å². The molecule has 3 fully saturated rings. The van der Waals surface area contributed by atoms with Gasteiger partial charge in [0, 0.05) is 87.7 Å². The van der Waals surface area contributed by atoms with Crippen molar-refractivity contribution in [1.29, 1.82) is 0 Å². The molecular formula is C46H67N7O9S. The molecule has 5 rings (SSSR count). The van der Waals surface area contributed by atoms with Gasteiger partial charge in [-0.25, -0.2) is 0 Å². The van der Waals surface area contributed by atoms with E-state index in [9.17, 15) is 28.8 Å². The molecule has 1 aromatic carbocycles. The van der Waals surface area contributed by atoms with Crippen molar-refractivity contribution in [2.75, 3.05) is 83.4 Å². The zero-order chi connectivity index (χ0) is 44.8. The number of carbonyl (C=O) groups is 6. The number of hydrogen-bond donors (Lipinski definition) is 4. The highest BCUT2D eigenvalue weighted by Crippen LogP contribution is 2.35. The molecule has 0 bridgehead atoms. The summed E-state index contributed by atoms with van der Waals surface area (Å²) in [6.07, 6.45) is 8.88. The SMILES string of the molecule is CC(=O)NC1C(C)CSC1CCCCC(=O)NCCOCCOCCOCCC(=O)Nc1ccc(CN2CCC(NC(=O)c3ccc(C(=O)N4CCC(C=O)CC4)cn3)CC2)cc1. The Hall–Kier alpha value is -4.42. The minimum absolute atomic E-state index is 0.0150. The van der Waals surface area contributed by atoms with E-state index < -0.39 is 0 Å². The number of nitrogens with one attached hydrogen (secondary N) is 4. The van der Waals surface area contributed by atoms with Crippen LogP contribution in [0, 0.1) is 11.8 Å². The number of unbranched alkanes of at least 4 members (excludes halogenated alkanes) is 1. The lowest BCUT2D eigenvalue weighted by Gasteiger charge is -2.32. The first-order valence-corrected chi connectivity index (χ1v) is 23.6. The molecule has 0 saturated carbocycles. The Kier molecular flexibility index (Phi) is 21.3. The number of piperidine rings is 2. The summed E-state index contributed by atoms with van der Waals surface area (Å²) in [6, 6.07) is 11.3. The van der Waals surface area contributed by atoms with Gasteiger partial charge in [0.15, 0.2) is 0 Å². The van der Waals surface area contributed by atoms with Gasteiger partial charge in [0.25, 0.3) is 11.8 Å². The van der Waals surface area contributed by atoms with E-state index in [1.165, 1.54) is 6.20 Å². The molecule has 4 heterocycles. The standard InChI is InChI=1S/C46H67N7O9S/c1-33-32-63-41(44(33)49-34(2)55)5-3-4-6-42(56)47-18-24-61-26-28-62-27-25-60-23-17-43(57)50-38-10-7-35(8-11-38)30-52-19-15-39(16-20-52)51-45(58)40-12-9-37(29-48-40)46(59)53-21-13-36(31-54)14-22-53/h7-12,29,31,33,36,39,41,44H,3-6,13-28,30,32H2,1-2H3,(H,47,56)(H,49,55)(H,50,57)(H,51,58). The fourth-order valence-electron chi connectivity index (χ4n) is 8.02. The first kappa shape index (κ1) is 49.6. The third kappa shape index (κ3) is 17.6. The largest absolute Gasteiger partial charge is 0.379 e. The number of ether oxygens (including phenoxy) is 3. The van der Waals surface area contributed by atoms with Gasteiger partial charge < -0.3 is 45.2 Å². The van der Waals surface area contributed by atoms with Gasteiger partial charge in [-0.15, -0.1) is 0 Å². The second-order valence-corrected chi connectivity index (χ2v) is 18.0. The molecule has 3 aliphatic heterocycles. The van der Waals surface area contributed by atoms with Gasteiger partial charge in [-0.2, -0.15) is 11.8 Å². The third-order valence-electron chi connectivity index (χ3n) is 11.7. The molecule has 3 aliphatic rings. The van der Waals surface area contributed by atoms with Gasteiger partial charge in [-0.05, 0) is 80.0 Å². The van der Waals surface area contributed by atoms with Gasteiger partial charge in [-0.1, -0.05) is 25.5 Å². The summed E-state index contributed by atoms with van der Waals surface area (Å²) in [5.41, 5.74) is 2.57. The third-order valence-corrected chi connectivity index (χ3v) is 13.4. The molecule has 346 valence electrons. The van der Waals surface area contributed by atoms with Crippen LogP contribution in [0.4, 0.5) is 5.69 Å². The van der Waals surface area contributed by atoms with Crippen LogP contribution in [0.3, 0.4) is 0 Å². The molecule has 0 spiro atoms. The summed E-state index contributed by atoms with van der Waals surface area (Å²) in [5, 5.41) is 12.4. The minimum Gasteiger partial charge on any atom is -0.379 e. The number of nitrogens with zero attached hydrogens (tertiary/aromatic N) is 3. The number of benzene rings is 1. The van der Waals surface area contributed by atoms with E-state index in [0.717, 1.165) is 75.0 Å². The highest BCUT2D eigenvalue weighted by molar-refractivity contribution is 8.00. The zero-order valence-electron chi connectivity index (χ0n) is 37.0. The number of anilines is 1. The van der Waals surface area contributed by atoms with Crippen LogP contribution in [-0.4, -0.2) is 146 Å². The van der Waals surface area contributed by atoms with E-state index in [-0.39, 0.29) is 66.3 Å². The number of aromatic nitrogens is 1. The van der Waals surface area contributed by atoms with Crippen LogP contribution in [0.1, 0.15) is 98.0 Å². The van der Waals surface area contributed by atoms with E-state index in [2.05, 4.69) is 38.1 Å². The second kappa shape index (κ2) is 27.0. The molecule has 1 aromatic heterocycles. The average molecular weight is 894 g/mol.